The number of nitrogens with zero attached hydrogens (tertiary/aromatic N) is 4. The van der Waals surface area contributed by atoms with E-state index in [4.69, 9.17) is 0 Å². The minimum atomic E-state index is -0.867. The SMILES string of the molecule is O=C(O)C1(Cn2nnnc2-c2cccc(Br)c2F)CC1. The van der Waals surface area contributed by atoms with E-state index >= 15 is 0 Å². The Morgan fingerprint density at radius 1 is 1.50 bits per heavy atom. The highest BCUT2D eigenvalue weighted by Crippen LogP contribution is 2.47. The van der Waals surface area contributed by atoms with Crippen LogP contribution in [-0.4, -0.2) is 31.3 Å². The van der Waals surface area contributed by atoms with Gasteiger partial charge in [0, 0.05) is 0 Å². The van der Waals surface area contributed by atoms with Gasteiger partial charge in [-0.1, -0.05) is 6.07 Å². The molecule has 1 heterocycles. The molecule has 1 aromatic carbocycles. The normalized spacial score (nSPS) is 16.1. The van der Waals surface area contributed by atoms with Gasteiger partial charge in [0.25, 0.3) is 0 Å². The summed E-state index contributed by atoms with van der Waals surface area (Å²) in [4.78, 5) is 11.2. The molecule has 1 fully saturated rings. The molecule has 1 N–H and O–H groups in total. The molecule has 0 radical (unpaired) electrons. The summed E-state index contributed by atoms with van der Waals surface area (Å²) in [6.45, 7) is 0.149. The minimum Gasteiger partial charge on any atom is -0.481 e. The smallest absolute Gasteiger partial charge is 0.311 e. The quantitative estimate of drug-likeness (QED) is 0.921. The summed E-state index contributed by atoms with van der Waals surface area (Å²) in [7, 11) is 0. The molecule has 1 aromatic heterocycles. The number of carbonyl (C=O) groups is 1. The van der Waals surface area contributed by atoms with E-state index in [0.29, 0.717) is 17.3 Å². The molecule has 3 rings (SSSR count). The van der Waals surface area contributed by atoms with Gasteiger partial charge in [-0.2, -0.15) is 0 Å². The Balaban J connectivity index is 1.99. The fourth-order valence-corrected chi connectivity index (χ4v) is 2.42. The molecular formula is C12H10BrFN4O2. The maximum absolute atomic E-state index is 14.1. The third-order valence-corrected chi connectivity index (χ3v) is 4.10. The van der Waals surface area contributed by atoms with Crippen molar-refractivity contribution < 1.29 is 14.3 Å². The molecule has 8 heteroatoms. The first-order valence-electron chi connectivity index (χ1n) is 5.97. The lowest BCUT2D eigenvalue weighted by atomic mass is 10.1. The van der Waals surface area contributed by atoms with E-state index in [1.807, 2.05) is 0 Å². The molecule has 0 atom stereocenters. The van der Waals surface area contributed by atoms with Gasteiger partial charge in [-0.3, -0.25) is 4.79 Å². The van der Waals surface area contributed by atoms with E-state index in [9.17, 15) is 14.3 Å². The Labute approximate surface area is 121 Å². The fourth-order valence-electron chi connectivity index (χ4n) is 2.06. The van der Waals surface area contributed by atoms with Crippen LogP contribution in [0.4, 0.5) is 4.39 Å². The second-order valence-electron chi connectivity index (χ2n) is 4.85. The van der Waals surface area contributed by atoms with Gasteiger partial charge in [-0.25, -0.2) is 9.07 Å². The maximum atomic E-state index is 14.1. The van der Waals surface area contributed by atoms with Crippen LogP contribution in [0.3, 0.4) is 0 Å². The molecule has 104 valence electrons. The topological polar surface area (TPSA) is 80.9 Å². The number of halogens is 2. The highest BCUT2D eigenvalue weighted by Gasteiger charge is 2.51. The average molecular weight is 341 g/mol. The van der Waals surface area contributed by atoms with Crippen LogP contribution < -0.4 is 0 Å². The number of carboxylic acids is 1. The summed E-state index contributed by atoms with van der Waals surface area (Å²) in [5, 5.41) is 20.3. The van der Waals surface area contributed by atoms with Crippen molar-refractivity contribution in [2.75, 3.05) is 0 Å². The van der Waals surface area contributed by atoms with Crippen LogP contribution in [0.15, 0.2) is 22.7 Å². The summed E-state index contributed by atoms with van der Waals surface area (Å²) >= 11 is 3.11. The number of tetrazole rings is 1. The standard InChI is InChI=1S/C12H10BrFN4O2/c13-8-3-1-2-7(9(8)14)10-15-16-17-18(10)6-12(4-5-12)11(19)20/h1-3H,4-6H2,(H,19,20). The van der Waals surface area contributed by atoms with Crippen LogP contribution in [0.1, 0.15) is 12.8 Å². The number of carboxylic acid groups (broad SMARTS) is 1. The third kappa shape index (κ3) is 2.09. The highest BCUT2D eigenvalue weighted by molar-refractivity contribution is 9.10. The summed E-state index contributed by atoms with van der Waals surface area (Å²) in [6.07, 6.45) is 1.17. The van der Waals surface area contributed by atoms with Gasteiger partial charge in [0.05, 0.1) is 22.0 Å². The van der Waals surface area contributed by atoms with Gasteiger partial charge < -0.3 is 5.11 Å². The van der Waals surface area contributed by atoms with Gasteiger partial charge in [-0.15, -0.1) is 5.10 Å². The van der Waals surface area contributed by atoms with E-state index in [2.05, 4.69) is 31.5 Å². The van der Waals surface area contributed by atoms with Crippen molar-refractivity contribution in [1.82, 2.24) is 20.2 Å². The van der Waals surface area contributed by atoms with Gasteiger partial charge in [-0.05, 0) is 51.3 Å². The predicted octanol–water partition coefficient (Wildman–Crippen LogP) is 2.11. The lowest BCUT2D eigenvalue weighted by Crippen LogP contribution is -2.22. The van der Waals surface area contributed by atoms with Gasteiger partial charge in [0.2, 0.25) is 0 Å². The molecule has 0 amide bonds. The lowest BCUT2D eigenvalue weighted by molar-refractivity contribution is -0.144. The van der Waals surface area contributed by atoms with E-state index in [1.54, 1.807) is 18.2 Å². The molecule has 0 saturated heterocycles. The average Bonchev–Trinajstić information content (AvgIpc) is 3.06. The van der Waals surface area contributed by atoms with Crippen molar-refractivity contribution in [3.05, 3.63) is 28.5 Å². The van der Waals surface area contributed by atoms with E-state index in [0.717, 1.165) is 0 Å². The number of benzene rings is 1. The molecule has 0 spiro atoms. The first-order chi connectivity index (χ1) is 9.53. The molecule has 0 aliphatic heterocycles. The number of rotatable bonds is 4. The van der Waals surface area contributed by atoms with Crippen LogP contribution >= 0.6 is 15.9 Å². The molecule has 2 aromatic rings. The van der Waals surface area contributed by atoms with Crippen molar-refractivity contribution in [2.45, 2.75) is 19.4 Å². The summed E-state index contributed by atoms with van der Waals surface area (Å²) in [6, 6.07) is 4.81. The van der Waals surface area contributed by atoms with Crippen LogP contribution in [-0.2, 0) is 11.3 Å². The molecule has 0 bridgehead atoms. The predicted molar refractivity (Wildman–Crippen MR) is 70.2 cm³/mol. The van der Waals surface area contributed by atoms with Crippen LogP contribution in [0, 0.1) is 11.2 Å². The zero-order valence-corrected chi connectivity index (χ0v) is 11.8. The molecule has 1 aliphatic carbocycles. The monoisotopic (exact) mass is 340 g/mol. The van der Waals surface area contributed by atoms with Crippen LogP contribution in [0.25, 0.3) is 11.4 Å². The molecule has 1 aliphatic rings. The number of hydrogen-bond donors (Lipinski definition) is 1. The van der Waals surface area contributed by atoms with Crippen molar-refractivity contribution in [3.8, 4) is 11.4 Å². The zero-order valence-electron chi connectivity index (χ0n) is 10.3. The van der Waals surface area contributed by atoms with Crippen LogP contribution in [0.2, 0.25) is 0 Å². The summed E-state index contributed by atoms with van der Waals surface area (Å²) in [5.74, 6) is -1.10. The Hall–Kier alpha value is -1.83. The Morgan fingerprint density at radius 2 is 2.25 bits per heavy atom. The first kappa shape index (κ1) is 13.2. The third-order valence-electron chi connectivity index (χ3n) is 3.48. The summed E-state index contributed by atoms with van der Waals surface area (Å²) < 4.78 is 15.7. The number of aromatic nitrogens is 4. The maximum Gasteiger partial charge on any atom is 0.311 e. The zero-order chi connectivity index (χ0) is 14.3. The van der Waals surface area contributed by atoms with Gasteiger partial charge in [0.15, 0.2) is 5.82 Å². The first-order valence-corrected chi connectivity index (χ1v) is 6.77. The van der Waals surface area contributed by atoms with Crippen molar-refractivity contribution >= 4 is 21.9 Å². The van der Waals surface area contributed by atoms with E-state index in [-0.39, 0.29) is 17.9 Å². The van der Waals surface area contributed by atoms with E-state index in [1.165, 1.54) is 4.68 Å². The Bertz CT molecular complexity index is 684. The summed E-state index contributed by atoms with van der Waals surface area (Å²) in [5.41, 5.74) is -0.572. The molecule has 0 unspecified atom stereocenters. The Morgan fingerprint density at radius 3 is 2.90 bits per heavy atom. The van der Waals surface area contributed by atoms with Gasteiger partial charge in [0.1, 0.15) is 5.82 Å². The highest BCUT2D eigenvalue weighted by atomic mass is 79.9. The van der Waals surface area contributed by atoms with Crippen molar-refractivity contribution in [2.24, 2.45) is 5.41 Å². The molecule has 6 nitrogen and oxygen atoms in total. The van der Waals surface area contributed by atoms with Crippen LogP contribution in [0.5, 0.6) is 0 Å². The molecule has 1 saturated carbocycles. The van der Waals surface area contributed by atoms with Gasteiger partial charge >= 0.3 is 5.97 Å². The van der Waals surface area contributed by atoms with Crippen molar-refractivity contribution in [3.63, 3.8) is 0 Å². The number of aliphatic carboxylic acids is 1. The number of hydrogen-bond acceptors (Lipinski definition) is 4. The lowest BCUT2D eigenvalue weighted by Gasteiger charge is -2.11. The van der Waals surface area contributed by atoms with E-state index < -0.39 is 17.2 Å². The molecule has 20 heavy (non-hydrogen) atoms. The second kappa shape index (κ2) is 4.62. The largest absolute Gasteiger partial charge is 0.481 e. The minimum absolute atomic E-state index is 0.149. The van der Waals surface area contributed by atoms with Crippen molar-refractivity contribution in [1.29, 1.82) is 0 Å². The second-order valence-corrected chi connectivity index (χ2v) is 5.70. The molecular weight excluding hydrogens is 331 g/mol. The Kier molecular flexibility index (Phi) is 3.04. The fraction of sp³-hybridized carbons (Fsp3) is 0.333.